The molecule has 1 aromatic heterocycles. The lowest BCUT2D eigenvalue weighted by Gasteiger charge is -2.20. The predicted octanol–water partition coefficient (Wildman–Crippen LogP) is 2.03. The average molecular weight is 382 g/mol. The highest BCUT2D eigenvalue weighted by atomic mass is 16.5. The largest absolute Gasteiger partial charge is 0.368 e. The second-order valence-corrected chi connectivity index (χ2v) is 6.70. The van der Waals surface area contributed by atoms with Crippen LogP contribution < -0.4 is 5.32 Å². The molecule has 0 radical (unpaired) electrons. The van der Waals surface area contributed by atoms with E-state index in [4.69, 9.17) is 4.74 Å². The first kappa shape index (κ1) is 19.8. The molecule has 7 nitrogen and oxygen atoms in total. The number of rotatable bonds is 9. The van der Waals surface area contributed by atoms with Crippen molar-refractivity contribution < 1.29 is 14.3 Å². The number of aromatic nitrogens is 2. The molecule has 0 saturated carbocycles. The number of amides is 2. The summed E-state index contributed by atoms with van der Waals surface area (Å²) in [5.41, 5.74) is 1.64. The van der Waals surface area contributed by atoms with Gasteiger partial charge in [0.1, 0.15) is 18.5 Å². The van der Waals surface area contributed by atoms with Crippen molar-refractivity contribution >= 4 is 22.8 Å². The molecule has 1 atom stereocenters. The number of carbonyl (C=O) groups is 2. The third kappa shape index (κ3) is 4.48. The van der Waals surface area contributed by atoms with Gasteiger partial charge in [0.25, 0.3) is 0 Å². The summed E-state index contributed by atoms with van der Waals surface area (Å²) >= 11 is 0. The quantitative estimate of drug-likeness (QED) is 0.674. The number of ether oxygens (including phenoxy) is 1. The van der Waals surface area contributed by atoms with Crippen LogP contribution in [-0.2, 0) is 27.4 Å². The van der Waals surface area contributed by atoms with Crippen molar-refractivity contribution in [3.63, 3.8) is 0 Å². The Kier molecular flexibility index (Phi) is 6.60. The van der Waals surface area contributed by atoms with Crippen molar-refractivity contribution in [3.8, 4) is 0 Å². The van der Waals surface area contributed by atoms with Gasteiger partial charge in [-0.25, -0.2) is 4.98 Å². The van der Waals surface area contributed by atoms with E-state index in [-0.39, 0.29) is 24.9 Å². The molecule has 3 rings (SSSR count). The number of para-hydroxylation sites is 2. The van der Waals surface area contributed by atoms with Crippen LogP contribution in [0.3, 0.4) is 0 Å². The van der Waals surface area contributed by atoms with Gasteiger partial charge in [0.15, 0.2) is 0 Å². The Morgan fingerprint density at radius 3 is 2.71 bits per heavy atom. The van der Waals surface area contributed by atoms with E-state index in [1.807, 2.05) is 28.8 Å². The lowest BCUT2D eigenvalue weighted by Crippen LogP contribution is -2.36. The van der Waals surface area contributed by atoms with Gasteiger partial charge in [-0.3, -0.25) is 9.59 Å². The molecule has 1 unspecified atom stereocenters. The van der Waals surface area contributed by atoms with Gasteiger partial charge in [-0.15, -0.1) is 13.2 Å². The Morgan fingerprint density at radius 2 is 2.04 bits per heavy atom. The van der Waals surface area contributed by atoms with E-state index in [1.165, 1.54) is 0 Å². The summed E-state index contributed by atoms with van der Waals surface area (Å²) < 4.78 is 7.28. The van der Waals surface area contributed by atoms with Crippen molar-refractivity contribution in [2.45, 2.75) is 32.0 Å². The maximum atomic E-state index is 12.8. The van der Waals surface area contributed by atoms with Crippen LogP contribution in [0.25, 0.3) is 11.0 Å². The number of hydrogen-bond acceptors (Lipinski definition) is 4. The molecule has 1 aliphatic heterocycles. The molecule has 2 aromatic rings. The molecular weight excluding hydrogens is 356 g/mol. The fourth-order valence-electron chi connectivity index (χ4n) is 3.33. The first-order chi connectivity index (χ1) is 13.6. The topological polar surface area (TPSA) is 76.5 Å². The van der Waals surface area contributed by atoms with Crippen LogP contribution in [0.2, 0.25) is 0 Å². The van der Waals surface area contributed by atoms with Gasteiger partial charge < -0.3 is 19.5 Å². The number of nitrogens with zero attached hydrogens (tertiary/aromatic N) is 3. The van der Waals surface area contributed by atoms with Crippen molar-refractivity contribution in [1.29, 1.82) is 0 Å². The Balaban J connectivity index is 1.80. The number of nitrogens with one attached hydrogen (secondary N) is 1. The van der Waals surface area contributed by atoms with Crippen molar-refractivity contribution in [2.75, 3.05) is 19.7 Å². The molecular formula is C21H26N4O3. The third-order valence-corrected chi connectivity index (χ3v) is 4.72. The monoisotopic (exact) mass is 382 g/mol. The first-order valence-corrected chi connectivity index (χ1v) is 9.47. The Morgan fingerprint density at radius 1 is 1.29 bits per heavy atom. The second kappa shape index (κ2) is 9.32. The minimum atomic E-state index is -0.393. The molecule has 0 spiro atoms. The van der Waals surface area contributed by atoms with Crippen LogP contribution >= 0.6 is 0 Å². The molecule has 0 aliphatic carbocycles. The van der Waals surface area contributed by atoms with Crippen LogP contribution in [0.15, 0.2) is 49.6 Å². The first-order valence-electron chi connectivity index (χ1n) is 9.47. The van der Waals surface area contributed by atoms with Gasteiger partial charge in [-0.2, -0.15) is 0 Å². The van der Waals surface area contributed by atoms with Crippen molar-refractivity contribution in [2.24, 2.45) is 0 Å². The van der Waals surface area contributed by atoms with Crippen LogP contribution in [-0.4, -0.2) is 52.1 Å². The maximum Gasteiger partial charge on any atom is 0.249 e. The number of fused-ring (bicyclic) bond motifs is 1. The van der Waals surface area contributed by atoms with Crippen LogP contribution in [0.5, 0.6) is 0 Å². The summed E-state index contributed by atoms with van der Waals surface area (Å²) in [4.78, 5) is 31.4. The molecule has 1 saturated heterocycles. The van der Waals surface area contributed by atoms with E-state index in [0.29, 0.717) is 25.5 Å². The molecule has 0 bridgehead atoms. The fourth-order valence-corrected chi connectivity index (χ4v) is 3.33. The van der Waals surface area contributed by atoms with Crippen LogP contribution in [0.4, 0.5) is 0 Å². The molecule has 1 aromatic carbocycles. The number of hydrogen-bond donors (Lipinski definition) is 1. The van der Waals surface area contributed by atoms with Gasteiger partial charge >= 0.3 is 0 Å². The summed E-state index contributed by atoms with van der Waals surface area (Å²) in [7, 11) is 0. The Labute approximate surface area is 164 Å². The van der Waals surface area contributed by atoms with E-state index in [1.54, 1.807) is 17.1 Å². The highest BCUT2D eigenvalue weighted by molar-refractivity contribution is 5.82. The van der Waals surface area contributed by atoms with Crippen molar-refractivity contribution in [3.05, 3.63) is 55.4 Å². The third-order valence-electron chi connectivity index (χ3n) is 4.72. The van der Waals surface area contributed by atoms with E-state index >= 15 is 0 Å². The average Bonchev–Trinajstić information content (AvgIpc) is 3.35. The summed E-state index contributed by atoms with van der Waals surface area (Å²) in [6.07, 6.45) is 4.62. The zero-order valence-electron chi connectivity index (χ0n) is 16.0. The number of carbonyl (C=O) groups excluding carboxylic acids is 2. The zero-order valence-corrected chi connectivity index (χ0v) is 16.0. The summed E-state index contributed by atoms with van der Waals surface area (Å²) in [5, 5.41) is 2.89. The standard InChI is InChI=1S/C21H26N4O3/c1-3-11-24(12-4-2)20(26)15-25-17-9-6-5-8-16(17)23-19(25)14-22-21(27)18-10-7-13-28-18/h3-6,8-9,18H,1-2,7,10-15H2,(H,22,27). The predicted molar refractivity (Wildman–Crippen MR) is 108 cm³/mol. The van der Waals surface area contributed by atoms with E-state index in [0.717, 1.165) is 23.9 Å². The highest BCUT2D eigenvalue weighted by Gasteiger charge is 2.24. The normalized spacial score (nSPS) is 16.1. The molecule has 1 N–H and O–H groups in total. The van der Waals surface area contributed by atoms with E-state index in [9.17, 15) is 9.59 Å². The van der Waals surface area contributed by atoms with E-state index < -0.39 is 6.10 Å². The van der Waals surface area contributed by atoms with Gasteiger partial charge in [-0.05, 0) is 25.0 Å². The molecule has 2 amide bonds. The summed E-state index contributed by atoms with van der Waals surface area (Å²) in [5.74, 6) is 0.440. The molecule has 2 heterocycles. The number of imidazole rings is 1. The summed E-state index contributed by atoms with van der Waals surface area (Å²) in [6, 6.07) is 7.63. The lowest BCUT2D eigenvalue weighted by molar-refractivity contribution is -0.130. The smallest absolute Gasteiger partial charge is 0.249 e. The number of benzene rings is 1. The summed E-state index contributed by atoms with van der Waals surface area (Å²) in [6.45, 7) is 9.30. The van der Waals surface area contributed by atoms with E-state index in [2.05, 4.69) is 23.5 Å². The molecule has 7 heteroatoms. The Bertz CT molecular complexity index is 858. The van der Waals surface area contributed by atoms with Gasteiger partial charge in [0.2, 0.25) is 11.8 Å². The van der Waals surface area contributed by atoms with Crippen LogP contribution in [0, 0.1) is 0 Å². The molecule has 148 valence electrons. The minimum Gasteiger partial charge on any atom is -0.368 e. The maximum absolute atomic E-state index is 12.8. The van der Waals surface area contributed by atoms with Gasteiger partial charge in [0.05, 0.1) is 17.6 Å². The van der Waals surface area contributed by atoms with Crippen molar-refractivity contribution in [1.82, 2.24) is 19.8 Å². The highest BCUT2D eigenvalue weighted by Crippen LogP contribution is 2.17. The van der Waals surface area contributed by atoms with Crippen LogP contribution in [0.1, 0.15) is 18.7 Å². The minimum absolute atomic E-state index is 0.0605. The zero-order chi connectivity index (χ0) is 19.9. The molecule has 1 fully saturated rings. The van der Waals surface area contributed by atoms with Gasteiger partial charge in [0, 0.05) is 19.7 Å². The lowest BCUT2D eigenvalue weighted by atomic mass is 10.2. The second-order valence-electron chi connectivity index (χ2n) is 6.70. The Hall–Kier alpha value is -2.93. The molecule has 1 aliphatic rings. The fraction of sp³-hybridized carbons (Fsp3) is 0.381. The molecule has 28 heavy (non-hydrogen) atoms. The van der Waals surface area contributed by atoms with Gasteiger partial charge in [-0.1, -0.05) is 24.3 Å². The SMILES string of the molecule is C=CCN(CC=C)C(=O)Cn1c(CNC(=O)C2CCCO2)nc2ccccc21.